The lowest BCUT2D eigenvalue weighted by Crippen LogP contribution is -2.25. The maximum absolute atomic E-state index is 5.07. The number of rotatable bonds is 4. The average Bonchev–Trinajstić information content (AvgIpc) is 3.26. The summed E-state index contributed by atoms with van der Waals surface area (Å²) in [6.07, 6.45) is 10.7. The molecule has 0 bridgehead atoms. The molecule has 1 aliphatic carbocycles. The Kier molecular flexibility index (Phi) is 4.21. The summed E-state index contributed by atoms with van der Waals surface area (Å²) in [5.74, 6) is 1.29. The number of likely N-dealkylation sites (tertiary alicyclic amines) is 1. The Labute approximate surface area is 144 Å². The van der Waals surface area contributed by atoms with Crippen LogP contribution in [0.4, 0.5) is 0 Å². The lowest BCUT2D eigenvalue weighted by molar-refractivity contribution is 0.235. The van der Waals surface area contributed by atoms with Gasteiger partial charge in [-0.05, 0) is 51.5 Å². The molecule has 1 atom stereocenters. The van der Waals surface area contributed by atoms with Crippen LogP contribution in [0, 0.1) is 0 Å². The summed E-state index contributed by atoms with van der Waals surface area (Å²) >= 11 is 0. The number of imidazole rings is 1. The van der Waals surface area contributed by atoms with Gasteiger partial charge in [0.15, 0.2) is 0 Å². The monoisotopic (exact) mass is 327 g/mol. The first-order chi connectivity index (χ1) is 11.7. The zero-order chi connectivity index (χ0) is 16.7. The van der Waals surface area contributed by atoms with E-state index in [-0.39, 0.29) is 0 Å². The maximum Gasteiger partial charge on any atom is 0.126 e. The third kappa shape index (κ3) is 2.69. The highest BCUT2D eigenvalue weighted by Crippen LogP contribution is 2.35. The number of hydrogen-bond acceptors (Lipinski definition) is 3. The number of aromatic nitrogens is 4. The van der Waals surface area contributed by atoms with Gasteiger partial charge in [-0.15, -0.1) is 0 Å². The molecule has 0 aromatic carbocycles. The fraction of sp³-hybridized carbons (Fsp3) is 0.684. The molecule has 2 aromatic heterocycles. The Morgan fingerprint density at radius 1 is 1.17 bits per heavy atom. The highest BCUT2D eigenvalue weighted by molar-refractivity contribution is 5.23. The lowest BCUT2D eigenvalue weighted by Gasteiger charge is -2.24. The van der Waals surface area contributed by atoms with Crippen LogP contribution in [-0.4, -0.2) is 30.8 Å². The first-order valence-corrected chi connectivity index (χ1v) is 9.47. The van der Waals surface area contributed by atoms with E-state index >= 15 is 0 Å². The number of hydrogen-bond donors (Lipinski definition) is 0. The number of aryl methyl sites for hydroxylation is 3. The lowest BCUT2D eigenvalue weighted by atomic mass is 10.0. The fourth-order valence-corrected chi connectivity index (χ4v) is 4.54. The summed E-state index contributed by atoms with van der Waals surface area (Å²) in [7, 11) is 4.25. The Bertz CT molecular complexity index is 726. The molecule has 1 fully saturated rings. The predicted molar refractivity (Wildman–Crippen MR) is 94.8 cm³/mol. The largest absolute Gasteiger partial charge is 0.334 e. The van der Waals surface area contributed by atoms with Crippen LogP contribution in [0.1, 0.15) is 67.1 Å². The fourth-order valence-electron chi connectivity index (χ4n) is 4.54. The van der Waals surface area contributed by atoms with Crippen molar-refractivity contribution in [1.29, 1.82) is 0 Å². The zero-order valence-corrected chi connectivity index (χ0v) is 15.3. The smallest absolute Gasteiger partial charge is 0.126 e. The van der Waals surface area contributed by atoms with Gasteiger partial charge in [-0.2, -0.15) is 5.10 Å². The molecule has 2 aliphatic rings. The molecule has 0 saturated carbocycles. The van der Waals surface area contributed by atoms with Gasteiger partial charge in [-0.25, -0.2) is 4.98 Å². The van der Waals surface area contributed by atoms with Gasteiger partial charge in [0.05, 0.1) is 17.4 Å². The van der Waals surface area contributed by atoms with E-state index in [4.69, 9.17) is 4.98 Å². The topological polar surface area (TPSA) is 38.9 Å². The van der Waals surface area contributed by atoms with Crippen LogP contribution in [0.2, 0.25) is 0 Å². The summed E-state index contributed by atoms with van der Waals surface area (Å²) in [5.41, 5.74) is 5.47. The van der Waals surface area contributed by atoms with Gasteiger partial charge < -0.3 is 4.57 Å². The molecule has 2 aromatic rings. The summed E-state index contributed by atoms with van der Waals surface area (Å²) < 4.78 is 4.36. The molecule has 5 nitrogen and oxygen atoms in total. The van der Waals surface area contributed by atoms with E-state index in [1.165, 1.54) is 73.5 Å². The first-order valence-electron chi connectivity index (χ1n) is 9.47. The zero-order valence-electron chi connectivity index (χ0n) is 15.3. The van der Waals surface area contributed by atoms with Crippen molar-refractivity contribution in [2.75, 3.05) is 6.54 Å². The molecule has 1 aliphatic heterocycles. The van der Waals surface area contributed by atoms with Gasteiger partial charge in [-0.1, -0.05) is 6.92 Å². The molecule has 5 heteroatoms. The van der Waals surface area contributed by atoms with E-state index in [1.54, 1.807) is 0 Å². The number of nitrogens with zero attached hydrogens (tertiary/aromatic N) is 5. The van der Waals surface area contributed by atoms with Crippen molar-refractivity contribution in [3.8, 4) is 0 Å². The summed E-state index contributed by atoms with van der Waals surface area (Å²) in [6, 6.07) is 0.463. The van der Waals surface area contributed by atoms with Gasteiger partial charge in [-0.3, -0.25) is 9.58 Å². The van der Waals surface area contributed by atoms with Crippen LogP contribution >= 0.6 is 0 Å². The Morgan fingerprint density at radius 2 is 2.00 bits per heavy atom. The summed E-state index contributed by atoms with van der Waals surface area (Å²) in [4.78, 5) is 7.69. The molecule has 0 N–H and O–H groups in total. The van der Waals surface area contributed by atoms with Gasteiger partial charge in [0.1, 0.15) is 5.82 Å². The number of fused-ring (bicyclic) bond motifs is 1. The second kappa shape index (κ2) is 6.36. The first kappa shape index (κ1) is 15.9. The van der Waals surface area contributed by atoms with Crippen molar-refractivity contribution in [2.24, 2.45) is 14.1 Å². The van der Waals surface area contributed by atoms with Crippen molar-refractivity contribution in [3.05, 3.63) is 34.7 Å². The normalized spacial score (nSPS) is 21.4. The van der Waals surface area contributed by atoms with Crippen molar-refractivity contribution in [2.45, 2.75) is 64.5 Å². The van der Waals surface area contributed by atoms with E-state index < -0.39 is 0 Å². The second-order valence-corrected chi connectivity index (χ2v) is 7.39. The highest BCUT2D eigenvalue weighted by Gasteiger charge is 2.32. The maximum atomic E-state index is 5.07. The van der Waals surface area contributed by atoms with Crippen molar-refractivity contribution < 1.29 is 0 Å². The predicted octanol–water partition coefficient (Wildman–Crippen LogP) is 2.93. The van der Waals surface area contributed by atoms with E-state index in [2.05, 4.69) is 34.7 Å². The van der Waals surface area contributed by atoms with Crippen molar-refractivity contribution in [3.63, 3.8) is 0 Å². The Morgan fingerprint density at radius 3 is 2.79 bits per heavy atom. The van der Waals surface area contributed by atoms with Gasteiger partial charge in [0.25, 0.3) is 0 Å². The quantitative estimate of drug-likeness (QED) is 0.867. The Balaban J connectivity index is 1.60. The molecule has 0 amide bonds. The molecule has 3 heterocycles. The molecule has 130 valence electrons. The van der Waals surface area contributed by atoms with Gasteiger partial charge in [0, 0.05) is 38.1 Å². The molecule has 1 saturated heterocycles. The van der Waals surface area contributed by atoms with Crippen LogP contribution in [0.3, 0.4) is 0 Å². The van der Waals surface area contributed by atoms with Crippen LogP contribution < -0.4 is 0 Å². The molecule has 0 spiro atoms. The minimum absolute atomic E-state index is 0.463. The molecule has 4 rings (SSSR count). The van der Waals surface area contributed by atoms with Crippen LogP contribution in [0.5, 0.6) is 0 Å². The Hall–Kier alpha value is -1.62. The van der Waals surface area contributed by atoms with E-state index in [1.807, 2.05) is 11.7 Å². The minimum Gasteiger partial charge on any atom is -0.334 e. The van der Waals surface area contributed by atoms with Crippen LogP contribution in [-0.2, 0) is 39.9 Å². The van der Waals surface area contributed by atoms with E-state index in [0.717, 1.165) is 13.0 Å². The van der Waals surface area contributed by atoms with Crippen LogP contribution in [0.15, 0.2) is 6.20 Å². The van der Waals surface area contributed by atoms with Gasteiger partial charge >= 0.3 is 0 Å². The molecule has 1 unspecified atom stereocenters. The molecule has 0 radical (unpaired) electrons. The molecule has 24 heavy (non-hydrogen) atoms. The minimum atomic E-state index is 0.463. The third-order valence-corrected chi connectivity index (χ3v) is 5.77. The molecular formula is C19H29N5. The van der Waals surface area contributed by atoms with Crippen molar-refractivity contribution in [1.82, 2.24) is 24.2 Å². The van der Waals surface area contributed by atoms with Crippen molar-refractivity contribution >= 4 is 0 Å². The molecular weight excluding hydrogens is 298 g/mol. The second-order valence-electron chi connectivity index (χ2n) is 7.39. The highest BCUT2D eigenvalue weighted by atomic mass is 15.3. The standard InChI is InChI=1S/C19H29N5/c1-4-15-14(12-22(2)21-15)13-24-11-7-10-18(24)19-20-16-8-5-6-9-17(16)23(19)3/h12,18H,4-11,13H2,1-3H3. The average molecular weight is 327 g/mol. The SMILES string of the molecule is CCc1nn(C)cc1CN1CCCC1c1nc2c(n1C)CCCC2. The summed E-state index contributed by atoms with van der Waals surface area (Å²) in [5, 5.41) is 4.61. The third-order valence-electron chi connectivity index (χ3n) is 5.77. The van der Waals surface area contributed by atoms with Crippen LogP contribution in [0.25, 0.3) is 0 Å². The van der Waals surface area contributed by atoms with Gasteiger partial charge in [0.2, 0.25) is 0 Å². The summed E-state index contributed by atoms with van der Waals surface area (Å²) in [6.45, 7) is 4.36. The van der Waals surface area contributed by atoms with E-state index in [0.29, 0.717) is 6.04 Å². The van der Waals surface area contributed by atoms with E-state index in [9.17, 15) is 0 Å².